The van der Waals surface area contributed by atoms with Crippen molar-refractivity contribution in [3.8, 4) is 17.2 Å². The summed E-state index contributed by atoms with van der Waals surface area (Å²) in [7, 11) is -2.44. The van der Waals surface area contributed by atoms with Gasteiger partial charge in [-0.05, 0) is 73.5 Å². The number of anilines is 1. The molecule has 0 radical (unpaired) electrons. The van der Waals surface area contributed by atoms with Gasteiger partial charge in [0, 0.05) is 0 Å². The predicted octanol–water partition coefficient (Wildman–Crippen LogP) is 3.46. The van der Waals surface area contributed by atoms with Gasteiger partial charge in [-0.2, -0.15) is 0 Å². The number of methoxy groups -OCH3 is 1. The number of hydrogen-bond acceptors (Lipinski definition) is 6. The van der Waals surface area contributed by atoms with E-state index < -0.39 is 22.0 Å². The molecule has 0 saturated carbocycles. The molecule has 1 aliphatic heterocycles. The first-order valence-electron chi connectivity index (χ1n) is 11.2. The molecule has 1 atom stereocenters. The van der Waals surface area contributed by atoms with E-state index in [4.69, 9.17) is 14.2 Å². The van der Waals surface area contributed by atoms with Gasteiger partial charge in [0.1, 0.15) is 23.9 Å². The Labute approximate surface area is 205 Å². The molecule has 0 spiro atoms. The van der Waals surface area contributed by atoms with Crippen molar-refractivity contribution >= 4 is 21.6 Å². The number of carbonyl (C=O) groups excluding carboxylic acids is 1. The van der Waals surface area contributed by atoms with E-state index in [1.165, 1.54) is 23.5 Å². The number of aryl methyl sites for hydroxylation is 2. The van der Waals surface area contributed by atoms with Crippen LogP contribution in [0.25, 0.3) is 0 Å². The van der Waals surface area contributed by atoms with E-state index in [1.54, 1.807) is 24.3 Å². The second kappa shape index (κ2) is 10.3. The Morgan fingerprint density at radius 2 is 1.77 bits per heavy atom. The van der Waals surface area contributed by atoms with Crippen LogP contribution in [0, 0.1) is 13.8 Å². The number of nitrogens with one attached hydrogen (secondary N) is 1. The normalized spacial score (nSPS) is 15.1. The zero-order chi connectivity index (χ0) is 25.0. The van der Waals surface area contributed by atoms with Gasteiger partial charge >= 0.3 is 0 Å². The summed E-state index contributed by atoms with van der Waals surface area (Å²) in [5.74, 6) is 1.18. The third-order valence-electron chi connectivity index (χ3n) is 5.58. The van der Waals surface area contributed by atoms with E-state index in [0.29, 0.717) is 22.9 Å². The molecular formula is C26H28N2O6S. The van der Waals surface area contributed by atoms with Gasteiger partial charge in [0.05, 0.1) is 30.8 Å². The number of benzene rings is 3. The second-order valence-corrected chi connectivity index (χ2v) is 10.1. The fraction of sp³-hybridized carbons (Fsp3) is 0.269. The Morgan fingerprint density at radius 1 is 1.03 bits per heavy atom. The van der Waals surface area contributed by atoms with Crippen LogP contribution in [0.2, 0.25) is 0 Å². The summed E-state index contributed by atoms with van der Waals surface area (Å²) >= 11 is 0. The maximum atomic E-state index is 13.6. The summed E-state index contributed by atoms with van der Waals surface area (Å²) in [4.78, 5) is 13.0. The molecule has 4 rings (SSSR count). The molecule has 1 N–H and O–H groups in total. The fourth-order valence-corrected chi connectivity index (χ4v) is 5.23. The van der Waals surface area contributed by atoms with E-state index in [9.17, 15) is 13.2 Å². The minimum Gasteiger partial charge on any atom is -0.497 e. The average Bonchev–Trinajstić information content (AvgIpc) is 2.86. The van der Waals surface area contributed by atoms with Crippen LogP contribution in [0.1, 0.15) is 11.1 Å². The Kier molecular flexibility index (Phi) is 7.16. The van der Waals surface area contributed by atoms with Crippen LogP contribution < -0.4 is 23.8 Å². The van der Waals surface area contributed by atoms with Gasteiger partial charge in [-0.3, -0.25) is 9.10 Å². The van der Waals surface area contributed by atoms with Gasteiger partial charge in [0.15, 0.2) is 6.10 Å². The second-order valence-electron chi connectivity index (χ2n) is 8.25. The zero-order valence-corrected chi connectivity index (χ0v) is 20.7. The Morgan fingerprint density at radius 3 is 2.49 bits per heavy atom. The van der Waals surface area contributed by atoms with Crippen LogP contribution in [-0.2, 0) is 14.8 Å². The van der Waals surface area contributed by atoms with E-state index in [-0.39, 0.29) is 24.6 Å². The van der Waals surface area contributed by atoms with Gasteiger partial charge in [0.2, 0.25) is 0 Å². The summed E-state index contributed by atoms with van der Waals surface area (Å²) in [5, 5.41) is 2.78. The van der Waals surface area contributed by atoms with Crippen LogP contribution in [0.5, 0.6) is 17.2 Å². The summed E-state index contributed by atoms with van der Waals surface area (Å²) in [6.07, 6.45) is -1.02. The highest BCUT2D eigenvalue weighted by atomic mass is 32.2. The number of ether oxygens (including phenoxy) is 3. The van der Waals surface area contributed by atoms with E-state index in [1.807, 2.05) is 44.2 Å². The molecule has 1 heterocycles. The van der Waals surface area contributed by atoms with Gasteiger partial charge in [-0.25, -0.2) is 8.42 Å². The lowest BCUT2D eigenvalue weighted by Gasteiger charge is -2.35. The first-order chi connectivity index (χ1) is 16.8. The van der Waals surface area contributed by atoms with Crippen molar-refractivity contribution in [1.29, 1.82) is 0 Å². The van der Waals surface area contributed by atoms with E-state index in [2.05, 4.69) is 5.32 Å². The molecule has 3 aromatic carbocycles. The third-order valence-corrected chi connectivity index (χ3v) is 7.38. The van der Waals surface area contributed by atoms with Crippen molar-refractivity contribution in [2.45, 2.75) is 24.8 Å². The van der Waals surface area contributed by atoms with Crippen LogP contribution in [-0.4, -0.2) is 47.2 Å². The molecule has 0 aromatic heterocycles. The predicted molar refractivity (Wildman–Crippen MR) is 133 cm³/mol. The fourth-order valence-electron chi connectivity index (χ4n) is 3.76. The summed E-state index contributed by atoms with van der Waals surface area (Å²) in [5.41, 5.74) is 2.35. The number of sulfonamides is 1. The van der Waals surface area contributed by atoms with Crippen molar-refractivity contribution in [3.05, 3.63) is 77.9 Å². The largest absolute Gasteiger partial charge is 0.497 e. The summed E-state index contributed by atoms with van der Waals surface area (Å²) < 4.78 is 45.0. The van der Waals surface area contributed by atoms with Crippen LogP contribution in [0.3, 0.4) is 0 Å². The number of nitrogens with zero attached hydrogens (tertiary/aromatic N) is 1. The molecule has 184 valence electrons. The highest BCUT2D eigenvalue weighted by molar-refractivity contribution is 7.92. The smallest absolute Gasteiger partial charge is 0.264 e. The number of hydrogen-bond donors (Lipinski definition) is 1. The van der Waals surface area contributed by atoms with Gasteiger partial charge in [0.25, 0.3) is 15.9 Å². The molecular weight excluding hydrogens is 468 g/mol. The number of rotatable bonds is 8. The van der Waals surface area contributed by atoms with Crippen molar-refractivity contribution in [3.63, 3.8) is 0 Å². The lowest BCUT2D eigenvalue weighted by Crippen LogP contribution is -2.51. The first kappa shape index (κ1) is 24.4. The van der Waals surface area contributed by atoms with Crippen LogP contribution >= 0.6 is 0 Å². The summed E-state index contributed by atoms with van der Waals surface area (Å²) in [6, 6.07) is 19.0. The lowest BCUT2D eigenvalue weighted by atomic mass is 10.1. The van der Waals surface area contributed by atoms with Crippen LogP contribution in [0.15, 0.2) is 71.6 Å². The molecule has 35 heavy (non-hydrogen) atoms. The molecule has 3 aromatic rings. The maximum absolute atomic E-state index is 13.6. The monoisotopic (exact) mass is 496 g/mol. The minimum absolute atomic E-state index is 0.0957. The zero-order valence-electron chi connectivity index (χ0n) is 19.9. The number of fused-ring (bicyclic) bond motifs is 1. The quantitative estimate of drug-likeness (QED) is 0.480. The Bertz CT molecular complexity index is 1310. The van der Waals surface area contributed by atoms with Crippen molar-refractivity contribution < 1.29 is 27.4 Å². The number of amides is 1. The molecule has 0 saturated heterocycles. The first-order valence-corrected chi connectivity index (χ1v) is 12.6. The number of carbonyl (C=O) groups is 1. The third kappa shape index (κ3) is 5.51. The van der Waals surface area contributed by atoms with Gasteiger partial charge in [-0.15, -0.1) is 0 Å². The van der Waals surface area contributed by atoms with Crippen molar-refractivity contribution in [2.24, 2.45) is 0 Å². The molecule has 0 fully saturated rings. The van der Waals surface area contributed by atoms with Crippen molar-refractivity contribution in [1.82, 2.24) is 5.32 Å². The standard InChI is InChI=1S/C26H28N2O6S/c1-18-5-4-6-21(15-18)33-14-13-27-26(29)25-17-28(23-16-19(2)7-12-24(23)34-25)35(30,31)22-10-8-20(32-3)9-11-22/h4-12,15-16,25H,13-14,17H2,1-3H3,(H,27,29)/t25-/m0/s1. The topological polar surface area (TPSA) is 94.2 Å². The molecule has 9 heteroatoms. The molecule has 8 nitrogen and oxygen atoms in total. The van der Waals surface area contributed by atoms with Crippen LogP contribution in [0.4, 0.5) is 5.69 Å². The highest BCUT2D eigenvalue weighted by Gasteiger charge is 2.37. The van der Waals surface area contributed by atoms with Gasteiger partial charge < -0.3 is 19.5 Å². The van der Waals surface area contributed by atoms with Gasteiger partial charge in [-0.1, -0.05) is 18.2 Å². The molecule has 0 bridgehead atoms. The highest BCUT2D eigenvalue weighted by Crippen LogP contribution is 2.38. The lowest BCUT2D eigenvalue weighted by molar-refractivity contribution is -0.127. The molecule has 1 aliphatic rings. The SMILES string of the molecule is COc1ccc(S(=O)(=O)N2C[C@@H](C(=O)NCCOc3cccc(C)c3)Oc3ccc(C)cc32)cc1. The van der Waals surface area contributed by atoms with E-state index in [0.717, 1.165) is 11.1 Å². The average molecular weight is 497 g/mol. The molecule has 0 aliphatic carbocycles. The Balaban J connectivity index is 1.49. The van der Waals surface area contributed by atoms with E-state index >= 15 is 0 Å². The molecule has 1 amide bonds. The molecule has 0 unspecified atom stereocenters. The Hall–Kier alpha value is -3.72. The summed E-state index contributed by atoms with van der Waals surface area (Å²) in [6.45, 7) is 4.20. The maximum Gasteiger partial charge on any atom is 0.264 e. The minimum atomic E-state index is -3.96. The van der Waals surface area contributed by atoms with Crippen molar-refractivity contribution in [2.75, 3.05) is 31.1 Å².